The fraction of sp³-hybridized carbons (Fsp3) is 0.400. The van der Waals surface area contributed by atoms with Gasteiger partial charge in [0.15, 0.2) is 0 Å². The van der Waals surface area contributed by atoms with Gasteiger partial charge in [0.05, 0.1) is 19.4 Å². The minimum atomic E-state index is 0. The normalized spacial score (nSPS) is 14.0. The molecule has 0 atom stereocenters. The average molecular weight is 414 g/mol. The highest BCUT2D eigenvalue weighted by Gasteiger charge is 2.19. The van der Waals surface area contributed by atoms with Crippen molar-refractivity contribution in [2.45, 2.75) is 6.42 Å². The van der Waals surface area contributed by atoms with E-state index in [0.29, 0.717) is 0 Å². The number of nitrogens with zero attached hydrogens (tertiary/aromatic N) is 2. The monoisotopic (exact) mass is 413 g/mol. The first-order valence-electron chi connectivity index (χ1n) is 8.85. The molecule has 1 fully saturated rings. The molecular formula is C20H29Cl2N3O2. The van der Waals surface area contributed by atoms with E-state index >= 15 is 0 Å². The van der Waals surface area contributed by atoms with Gasteiger partial charge in [-0.3, -0.25) is 4.90 Å². The molecule has 150 valence electrons. The van der Waals surface area contributed by atoms with Crippen LogP contribution in [0.1, 0.15) is 6.42 Å². The van der Waals surface area contributed by atoms with Gasteiger partial charge in [-0.2, -0.15) is 0 Å². The smallest absolute Gasteiger partial charge is 0.142 e. The average Bonchev–Trinajstić information content (AvgIpc) is 2.67. The summed E-state index contributed by atoms with van der Waals surface area (Å²) in [5.74, 6) is 1.84. The Morgan fingerprint density at radius 1 is 0.926 bits per heavy atom. The third-order valence-electron chi connectivity index (χ3n) is 4.57. The molecule has 1 heterocycles. The molecule has 0 bridgehead atoms. The van der Waals surface area contributed by atoms with Crippen molar-refractivity contribution in [2.75, 3.05) is 57.1 Å². The second-order valence-corrected chi connectivity index (χ2v) is 6.27. The molecule has 0 aromatic heterocycles. The van der Waals surface area contributed by atoms with E-state index in [1.807, 2.05) is 36.4 Å². The number of para-hydroxylation sites is 2. The van der Waals surface area contributed by atoms with Gasteiger partial charge in [-0.1, -0.05) is 12.1 Å². The van der Waals surface area contributed by atoms with Crippen molar-refractivity contribution in [3.63, 3.8) is 0 Å². The molecule has 1 aliphatic rings. The fourth-order valence-corrected chi connectivity index (χ4v) is 3.15. The van der Waals surface area contributed by atoms with E-state index in [1.165, 1.54) is 5.69 Å². The van der Waals surface area contributed by atoms with Crippen LogP contribution in [-0.2, 0) is 0 Å². The number of ether oxygens (including phenoxy) is 2. The summed E-state index contributed by atoms with van der Waals surface area (Å²) in [4.78, 5) is 4.90. The Bertz CT molecular complexity index is 663. The van der Waals surface area contributed by atoms with Crippen LogP contribution in [0.4, 0.5) is 11.4 Å². The van der Waals surface area contributed by atoms with Crippen molar-refractivity contribution >= 4 is 36.2 Å². The first-order valence-corrected chi connectivity index (χ1v) is 8.85. The molecule has 0 aliphatic carbocycles. The largest absolute Gasteiger partial charge is 0.495 e. The number of nitrogen functional groups attached to an aromatic ring is 1. The second kappa shape index (κ2) is 11.8. The van der Waals surface area contributed by atoms with Crippen LogP contribution in [-0.4, -0.2) is 51.3 Å². The molecule has 5 nitrogen and oxygen atoms in total. The summed E-state index contributed by atoms with van der Waals surface area (Å²) < 4.78 is 11.2. The highest BCUT2D eigenvalue weighted by Crippen LogP contribution is 2.28. The molecular weight excluding hydrogens is 385 g/mol. The van der Waals surface area contributed by atoms with Crippen molar-refractivity contribution in [3.8, 4) is 11.5 Å². The molecule has 2 aromatic carbocycles. The van der Waals surface area contributed by atoms with Gasteiger partial charge in [-0.15, -0.1) is 24.8 Å². The number of benzene rings is 2. The molecule has 0 saturated carbocycles. The Morgan fingerprint density at radius 2 is 1.59 bits per heavy atom. The number of hydrogen-bond donors (Lipinski definition) is 1. The van der Waals surface area contributed by atoms with Gasteiger partial charge in [-0.05, 0) is 42.8 Å². The summed E-state index contributed by atoms with van der Waals surface area (Å²) in [5, 5.41) is 0. The zero-order chi connectivity index (χ0) is 17.5. The van der Waals surface area contributed by atoms with Crippen LogP contribution < -0.4 is 20.1 Å². The predicted octanol–water partition coefficient (Wildman–Crippen LogP) is 3.71. The molecule has 27 heavy (non-hydrogen) atoms. The van der Waals surface area contributed by atoms with Gasteiger partial charge in [0.1, 0.15) is 11.5 Å². The number of piperazine rings is 1. The molecule has 1 saturated heterocycles. The molecule has 0 radical (unpaired) electrons. The van der Waals surface area contributed by atoms with Crippen molar-refractivity contribution in [3.05, 3.63) is 48.5 Å². The Balaban J connectivity index is 0.00000182. The molecule has 3 rings (SSSR count). The van der Waals surface area contributed by atoms with E-state index in [1.54, 1.807) is 7.11 Å². The Kier molecular flexibility index (Phi) is 10.1. The SMILES string of the molecule is COc1ccccc1N1CCN(CCCOc2ccc(N)cc2)CC1.Cl.Cl. The van der Waals surface area contributed by atoms with Gasteiger partial charge >= 0.3 is 0 Å². The predicted molar refractivity (Wildman–Crippen MR) is 117 cm³/mol. The Hall–Kier alpha value is -1.82. The number of methoxy groups -OCH3 is 1. The van der Waals surface area contributed by atoms with Gasteiger partial charge in [0, 0.05) is 38.4 Å². The zero-order valence-corrected chi connectivity index (χ0v) is 17.3. The molecule has 2 N–H and O–H groups in total. The van der Waals surface area contributed by atoms with Gasteiger partial charge < -0.3 is 20.1 Å². The van der Waals surface area contributed by atoms with E-state index in [2.05, 4.69) is 21.9 Å². The van der Waals surface area contributed by atoms with Crippen molar-refractivity contribution in [1.29, 1.82) is 0 Å². The third-order valence-corrected chi connectivity index (χ3v) is 4.57. The van der Waals surface area contributed by atoms with Gasteiger partial charge in [0.2, 0.25) is 0 Å². The van der Waals surface area contributed by atoms with Crippen LogP contribution in [0.3, 0.4) is 0 Å². The number of hydrogen-bond acceptors (Lipinski definition) is 5. The number of anilines is 2. The summed E-state index contributed by atoms with van der Waals surface area (Å²) in [6.07, 6.45) is 1.03. The first kappa shape index (κ1) is 23.2. The summed E-state index contributed by atoms with van der Waals surface area (Å²) in [7, 11) is 1.73. The maximum absolute atomic E-state index is 5.76. The first-order chi connectivity index (χ1) is 12.3. The molecule has 0 unspecified atom stereocenters. The quantitative estimate of drug-likeness (QED) is 0.553. The lowest BCUT2D eigenvalue weighted by Gasteiger charge is -2.36. The second-order valence-electron chi connectivity index (χ2n) is 6.27. The lowest BCUT2D eigenvalue weighted by molar-refractivity contribution is 0.224. The highest BCUT2D eigenvalue weighted by molar-refractivity contribution is 5.85. The van der Waals surface area contributed by atoms with Crippen LogP contribution in [0.2, 0.25) is 0 Å². The molecule has 7 heteroatoms. The molecule has 0 spiro atoms. The van der Waals surface area contributed by atoms with Crippen LogP contribution in [0.5, 0.6) is 11.5 Å². The maximum Gasteiger partial charge on any atom is 0.142 e. The van der Waals surface area contributed by atoms with E-state index < -0.39 is 0 Å². The van der Waals surface area contributed by atoms with E-state index in [4.69, 9.17) is 15.2 Å². The summed E-state index contributed by atoms with van der Waals surface area (Å²) >= 11 is 0. The molecule has 2 aromatic rings. The highest BCUT2D eigenvalue weighted by atomic mass is 35.5. The van der Waals surface area contributed by atoms with Crippen LogP contribution >= 0.6 is 24.8 Å². The Morgan fingerprint density at radius 3 is 2.26 bits per heavy atom. The zero-order valence-electron chi connectivity index (χ0n) is 15.7. The Labute approximate surface area is 174 Å². The van der Waals surface area contributed by atoms with E-state index in [-0.39, 0.29) is 24.8 Å². The van der Waals surface area contributed by atoms with Crippen molar-refractivity contribution < 1.29 is 9.47 Å². The standard InChI is InChI=1S/C20H27N3O2.2ClH/c1-24-20-6-3-2-5-19(20)23-14-12-22(13-15-23)11-4-16-25-18-9-7-17(21)8-10-18;;/h2-3,5-10H,4,11-16,21H2,1H3;2*1H. The topological polar surface area (TPSA) is 51.0 Å². The van der Waals surface area contributed by atoms with E-state index in [0.717, 1.165) is 62.9 Å². The summed E-state index contributed by atoms with van der Waals surface area (Å²) in [6, 6.07) is 15.8. The molecule has 1 aliphatic heterocycles. The lowest BCUT2D eigenvalue weighted by atomic mass is 10.2. The summed E-state index contributed by atoms with van der Waals surface area (Å²) in [5.41, 5.74) is 7.63. The lowest BCUT2D eigenvalue weighted by Crippen LogP contribution is -2.46. The number of rotatable bonds is 7. The van der Waals surface area contributed by atoms with E-state index in [9.17, 15) is 0 Å². The van der Waals surface area contributed by atoms with Crippen LogP contribution in [0.25, 0.3) is 0 Å². The van der Waals surface area contributed by atoms with Crippen molar-refractivity contribution in [1.82, 2.24) is 4.90 Å². The van der Waals surface area contributed by atoms with Crippen LogP contribution in [0.15, 0.2) is 48.5 Å². The van der Waals surface area contributed by atoms with Gasteiger partial charge in [-0.25, -0.2) is 0 Å². The number of nitrogens with two attached hydrogens (primary N) is 1. The van der Waals surface area contributed by atoms with Gasteiger partial charge in [0.25, 0.3) is 0 Å². The minimum absolute atomic E-state index is 0. The fourth-order valence-electron chi connectivity index (χ4n) is 3.15. The van der Waals surface area contributed by atoms with Crippen LogP contribution in [0, 0.1) is 0 Å². The summed E-state index contributed by atoms with van der Waals surface area (Å²) in [6.45, 7) is 5.99. The minimum Gasteiger partial charge on any atom is -0.495 e. The number of halogens is 2. The maximum atomic E-state index is 5.76. The molecule has 0 amide bonds. The third kappa shape index (κ3) is 6.69. The van der Waals surface area contributed by atoms with Crippen molar-refractivity contribution in [2.24, 2.45) is 0 Å².